The predicted molar refractivity (Wildman–Crippen MR) is 103 cm³/mol. The molecule has 25 heavy (non-hydrogen) atoms. The van der Waals surface area contributed by atoms with Gasteiger partial charge < -0.3 is 20.1 Å². The highest BCUT2D eigenvalue weighted by molar-refractivity contribution is 4.94. The summed E-state index contributed by atoms with van der Waals surface area (Å²) in [5.74, 6) is 0.678. The molecule has 148 valence electrons. The first-order valence-corrected chi connectivity index (χ1v) is 9.68. The molecular weight excluding hydrogens is 318 g/mol. The van der Waals surface area contributed by atoms with Gasteiger partial charge in [-0.15, -0.1) is 5.10 Å². The molecule has 2 N–H and O–H groups in total. The molecule has 0 aliphatic rings. The minimum atomic E-state index is 0.617. The molecule has 0 aliphatic heterocycles. The molecule has 0 bridgehead atoms. The third kappa shape index (κ3) is 13.9. The summed E-state index contributed by atoms with van der Waals surface area (Å²) in [6.07, 6.45) is 2.76. The minimum absolute atomic E-state index is 0.617. The lowest BCUT2D eigenvalue weighted by atomic mass is 10.2. The largest absolute Gasteiger partial charge is 0.378 e. The third-order valence-corrected chi connectivity index (χ3v) is 3.30. The molecule has 0 saturated heterocycles. The molecule has 0 atom stereocenters. The molecule has 7 nitrogen and oxygen atoms in total. The maximum Gasteiger partial charge on any atom is 0.0725 e. The van der Waals surface area contributed by atoms with Crippen LogP contribution in [0.1, 0.15) is 40.3 Å². The Morgan fingerprint density at radius 2 is 1.76 bits per heavy atom. The molecule has 1 aromatic heterocycles. The van der Waals surface area contributed by atoms with Crippen molar-refractivity contribution in [2.75, 3.05) is 52.6 Å². The fourth-order valence-corrected chi connectivity index (χ4v) is 2.06. The van der Waals surface area contributed by atoms with Crippen LogP contribution in [0.25, 0.3) is 0 Å². The van der Waals surface area contributed by atoms with Gasteiger partial charge in [0, 0.05) is 19.5 Å². The molecule has 0 fully saturated rings. The summed E-state index contributed by atoms with van der Waals surface area (Å²) >= 11 is 0. The van der Waals surface area contributed by atoms with E-state index in [1.54, 1.807) is 0 Å². The summed E-state index contributed by atoms with van der Waals surface area (Å²) in [5.41, 5.74) is 1.14. The van der Waals surface area contributed by atoms with Crippen LogP contribution in [0.15, 0.2) is 6.20 Å². The van der Waals surface area contributed by atoms with Gasteiger partial charge >= 0.3 is 0 Å². The number of ether oxygens (including phenoxy) is 2. The summed E-state index contributed by atoms with van der Waals surface area (Å²) in [4.78, 5) is 0. The molecule has 1 rings (SSSR count). The number of hydrogen-bond acceptors (Lipinski definition) is 6. The molecule has 0 radical (unpaired) electrons. The van der Waals surface area contributed by atoms with Gasteiger partial charge in [-0.2, -0.15) is 0 Å². The molecule has 1 aromatic rings. The van der Waals surface area contributed by atoms with Crippen LogP contribution in [0.5, 0.6) is 0 Å². The zero-order chi connectivity index (χ0) is 18.8. The minimum Gasteiger partial charge on any atom is -0.378 e. The van der Waals surface area contributed by atoms with Gasteiger partial charge in [-0.05, 0) is 19.0 Å². The average Bonchev–Trinajstić information content (AvgIpc) is 3.06. The van der Waals surface area contributed by atoms with Gasteiger partial charge in [0.1, 0.15) is 0 Å². The van der Waals surface area contributed by atoms with Crippen LogP contribution in [0, 0.1) is 5.92 Å². The molecule has 0 aromatic carbocycles. The lowest BCUT2D eigenvalue weighted by molar-refractivity contribution is 0.0446. The smallest absolute Gasteiger partial charge is 0.0725 e. The molecule has 1 heterocycles. The molecule has 0 aliphatic carbocycles. The highest BCUT2D eigenvalue weighted by atomic mass is 16.5. The first-order chi connectivity index (χ1) is 12.2. The van der Waals surface area contributed by atoms with Crippen LogP contribution >= 0.6 is 0 Å². The van der Waals surface area contributed by atoms with Gasteiger partial charge in [0.2, 0.25) is 0 Å². The molecular formula is C18H39N5O2. The van der Waals surface area contributed by atoms with Gasteiger partial charge in [-0.3, -0.25) is 0 Å². The number of nitrogens with zero attached hydrogens (tertiary/aromatic N) is 3. The molecule has 0 spiro atoms. The second kappa shape index (κ2) is 17.8. The molecule has 0 unspecified atom stereocenters. The quantitative estimate of drug-likeness (QED) is 0.466. The Morgan fingerprint density at radius 3 is 2.44 bits per heavy atom. The van der Waals surface area contributed by atoms with E-state index < -0.39 is 0 Å². The van der Waals surface area contributed by atoms with Crippen molar-refractivity contribution in [1.29, 1.82) is 0 Å². The first kappa shape index (κ1) is 24.0. The van der Waals surface area contributed by atoms with E-state index in [4.69, 9.17) is 9.47 Å². The first-order valence-electron chi connectivity index (χ1n) is 9.68. The van der Waals surface area contributed by atoms with Crippen LogP contribution in [-0.4, -0.2) is 67.6 Å². The van der Waals surface area contributed by atoms with Crippen LogP contribution in [0.4, 0.5) is 0 Å². The monoisotopic (exact) mass is 357 g/mol. The second-order valence-electron chi connectivity index (χ2n) is 5.87. The van der Waals surface area contributed by atoms with Crippen molar-refractivity contribution >= 4 is 0 Å². The van der Waals surface area contributed by atoms with Gasteiger partial charge in [0.25, 0.3) is 0 Å². The zero-order valence-corrected chi connectivity index (χ0v) is 16.9. The van der Waals surface area contributed by atoms with Crippen LogP contribution < -0.4 is 10.6 Å². The topological polar surface area (TPSA) is 73.2 Å². The van der Waals surface area contributed by atoms with Crippen LogP contribution in [0.3, 0.4) is 0 Å². The van der Waals surface area contributed by atoms with E-state index in [9.17, 15) is 0 Å². The van der Waals surface area contributed by atoms with Gasteiger partial charge in [0.05, 0.1) is 44.9 Å². The SMILES string of the molecule is CC.CCNCCc1cnnn1CCOCCOCCNCC(C)C. The Hall–Kier alpha value is -1.02. The van der Waals surface area contributed by atoms with Gasteiger partial charge in [-0.25, -0.2) is 4.68 Å². The number of likely N-dealkylation sites (N-methyl/N-ethyl adjacent to an activating group) is 1. The van der Waals surface area contributed by atoms with Crippen molar-refractivity contribution in [3.8, 4) is 0 Å². The third-order valence-electron chi connectivity index (χ3n) is 3.30. The highest BCUT2D eigenvalue weighted by Crippen LogP contribution is 1.97. The summed E-state index contributed by atoms with van der Waals surface area (Å²) in [7, 11) is 0. The van der Waals surface area contributed by atoms with Crippen LogP contribution in [-0.2, 0) is 22.4 Å². The van der Waals surface area contributed by atoms with Crippen molar-refractivity contribution in [1.82, 2.24) is 25.6 Å². The van der Waals surface area contributed by atoms with Crippen molar-refractivity contribution < 1.29 is 9.47 Å². The number of rotatable bonds is 15. The van der Waals surface area contributed by atoms with Crippen molar-refractivity contribution in [3.63, 3.8) is 0 Å². The van der Waals surface area contributed by atoms with Crippen molar-refractivity contribution in [2.45, 2.75) is 47.6 Å². The summed E-state index contributed by atoms with van der Waals surface area (Å²) in [6.45, 7) is 17.7. The average molecular weight is 358 g/mol. The molecule has 0 saturated carbocycles. The number of hydrogen-bond donors (Lipinski definition) is 2. The van der Waals surface area contributed by atoms with Crippen LogP contribution in [0.2, 0.25) is 0 Å². The Bertz CT molecular complexity index is 385. The van der Waals surface area contributed by atoms with E-state index in [-0.39, 0.29) is 0 Å². The zero-order valence-electron chi connectivity index (χ0n) is 16.9. The predicted octanol–water partition coefficient (Wildman–Crippen LogP) is 1.74. The molecule has 7 heteroatoms. The van der Waals surface area contributed by atoms with Crippen molar-refractivity contribution in [2.24, 2.45) is 5.92 Å². The van der Waals surface area contributed by atoms with E-state index >= 15 is 0 Å². The number of aromatic nitrogens is 3. The number of nitrogens with one attached hydrogen (secondary N) is 2. The maximum atomic E-state index is 5.58. The fourth-order valence-electron chi connectivity index (χ4n) is 2.06. The summed E-state index contributed by atoms with van der Waals surface area (Å²) < 4.78 is 13.0. The Morgan fingerprint density at radius 1 is 1.04 bits per heavy atom. The van der Waals surface area contributed by atoms with Crippen molar-refractivity contribution in [3.05, 3.63) is 11.9 Å². The summed E-state index contributed by atoms with van der Waals surface area (Å²) in [6, 6.07) is 0. The lowest BCUT2D eigenvalue weighted by Crippen LogP contribution is -2.24. The van der Waals surface area contributed by atoms with Gasteiger partial charge in [-0.1, -0.05) is 39.8 Å². The lowest BCUT2D eigenvalue weighted by Gasteiger charge is -2.09. The van der Waals surface area contributed by atoms with E-state index in [1.165, 1.54) is 0 Å². The van der Waals surface area contributed by atoms with E-state index in [0.29, 0.717) is 25.7 Å². The standard InChI is InChI=1S/C16H33N5O2.C2H6/c1-4-17-6-5-16-14-19-20-21(16)8-10-23-12-11-22-9-7-18-13-15(2)3;1-2/h14-15,17-18H,4-13H2,1-3H3;1-2H3. The highest BCUT2D eigenvalue weighted by Gasteiger charge is 2.03. The molecule has 0 amide bonds. The second-order valence-corrected chi connectivity index (χ2v) is 5.87. The van der Waals surface area contributed by atoms with E-state index in [2.05, 4.69) is 41.7 Å². The Balaban J connectivity index is 0.00000277. The van der Waals surface area contributed by atoms with E-state index in [0.717, 1.165) is 51.4 Å². The summed E-state index contributed by atoms with van der Waals surface area (Å²) in [5, 5.41) is 14.7. The normalized spacial score (nSPS) is 10.8. The fraction of sp³-hybridized carbons (Fsp3) is 0.889. The Labute approximate surface area is 153 Å². The maximum absolute atomic E-state index is 5.58. The van der Waals surface area contributed by atoms with Gasteiger partial charge in [0.15, 0.2) is 0 Å². The van der Waals surface area contributed by atoms with E-state index in [1.807, 2.05) is 24.7 Å². The Kier molecular flexibility index (Phi) is 17.1.